The van der Waals surface area contributed by atoms with Crippen molar-refractivity contribution in [1.29, 1.82) is 0 Å². The zero-order valence-corrected chi connectivity index (χ0v) is 16.9. The Bertz CT molecular complexity index is 1080. The van der Waals surface area contributed by atoms with Crippen LogP contribution in [-0.2, 0) is 13.1 Å². The zero-order chi connectivity index (χ0) is 19.8. The average molecular weight is 406 g/mol. The molecule has 2 aromatic heterocycles. The molecule has 0 spiro atoms. The fourth-order valence-corrected chi connectivity index (χ4v) is 5.25. The van der Waals surface area contributed by atoms with Crippen molar-refractivity contribution in [3.05, 3.63) is 86.5 Å². The van der Waals surface area contributed by atoms with Gasteiger partial charge in [-0.3, -0.25) is 9.59 Å². The van der Waals surface area contributed by atoms with Gasteiger partial charge >= 0.3 is 0 Å². The Morgan fingerprint density at radius 3 is 2.69 bits per heavy atom. The molecular formula is C23H23N3O2S. The Balaban J connectivity index is 1.37. The number of anilines is 1. The van der Waals surface area contributed by atoms with E-state index < -0.39 is 0 Å². The lowest BCUT2D eigenvalue weighted by molar-refractivity contribution is 0.0594. The van der Waals surface area contributed by atoms with Crippen molar-refractivity contribution in [2.24, 2.45) is 5.92 Å². The van der Waals surface area contributed by atoms with Crippen LogP contribution in [0.5, 0.6) is 0 Å². The maximum Gasteiger partial charge on any atom is 0.274 e. The van der Waals surface area contributed by atoms with Crippen molar-refractivity contribution in [3.8, 4) is 0 Å². The van der Waals surface area contributed by atoms with E-state index in [1.54, 1.807) is 11.3 Å². The molecule has 5 nitrogen and oxygen atoms in total. The van der Waals surface area contributed by atoms with Gasteiger partial charge in [0.2, 0.25) is 0 Å². The number of piperidine rings is 1. The summed E-state index contributed by atoms with van der Waals surface area (Å²) in [5.41, 5.74) is 2.49. The van der Waals surface area contributed by atoms with Gasteiger partial charge in [-0.15, -0.1) is 11.3 Å². The van der Waals surface area contributed by atoms with Crippen LogP contribution in [0.1, 0.15) is 33.3 Å². The van der Waals surface area contributed by atoms with Gasteiger partial charge in [0.05, 0.1) is 0 Å². The van der Waals surface area contributed by atoms with E-state index in [4.69, 9.17) is 0 Å². The molecule has 2 atom stereocenters. The molecule has 29 heavy (non-hydrogen) atoms. The van der Waals surface area contributed by atoms with E-state index in [0.29, 0.717) is 37.8 Å². The second kappa shape index (κ2) is 7.52. The van der Waals surface area contributed by atoms with Gasteiger partial charge in [0, 0.05) is 48.2 Å². The van der Waals surface area contributed by atoms with E-state index in [9.17, 15) is 9.59 Å². The number of nitrogens with zero attached hydrogens (tertiary/aromatic N) is 2. The number of nitrogens with one attached hydrogen (secondary N) is 1. The van der Waals surface area contributed by atoms with E-state index in [-0.39, 0.29) is 17.4 Å². The minimum atomic E-state index is 0.0524. The Hall–Kier alpha value is -2.86. The standard InChI is InChI=1S/C23H23N3O2S/c27-22(17-5-2-1-3-6-17)25-13-16-11-18(15-25)21-9-8-20(23(28)26(21)14-16)24-12-19-7-4-10-29-19/h1-10,16,18,24H,11-15H2/t16-,18-/m1/s1. The van der Waals surface area contributed by atoms with Gasteiger partial charge in [-0.1, -0.05) is 24.3 Å². The number of likely N-dealkylation sites (tertiary alicyclic amines) is 1. The average Bonchev–Trinajstić information content (AvgIpc) is 3.27. The molecule has 2 aliphatic rings. The van der Waals surface area contributed by atoms with Gasteiger partial charge in [0.25, 0.3) is 11.5 Å². The molecule has 2 bridgehead atoms. The molecule has 6 heteroatoms. The molecule has 4 heterocycles. The first-order valence-electron chi connectivity index (χ1n) is 10.0. The van der Waals surface area contributed by atoms with Crippen LogP contribution in [0.2, 0.25) is 0 Å². The Morgan fingerprint density at radius 2 is 1.90 bits per heavy atom. The van der Waals surface area contributed by atoms with E-state index in [1.807, 2.05) is 57.3 Å². The maximum atomic E-state index is 13.1. The molecule has 1 amide bonds. The second-order valence-corrected chi connectivity index (χ2v) is 8.93. The number of pyridine rings is 1. The summed E-state index contributed by atoms with van der Waals surface area (Å²) in [6, 6.07) is 17.5. The molecule has 1 fully saturated rings. The first-order valence-corrected chi connectivity index (χ1v) is 10.9. The third-order valence-electron chi connectivity index (χ3n) is 5.95. The predicted octanol–water partition coefficient (Wildman–Crippen LogP) is 3.78. The van der Waals surface area contributed by atoms with Gasteiger partial charge in [-0.25, -0.2) is 0 Å². The topological polar surface area (TPSA) is 54.3 Å². The van der Waals surface area contributed by atoms with Crippen LogP contribution in [0.15, 0.2) is 64.8 Å². The number of aromatic nitrogens is 1. The van der Waals surface area contributed by atoms with Crippen LogP contribution in [0, 0.1) is 5.92 Å². The molecule has 0 unspecified atom stereocenters. The molecular weight excluding hydrogens is 382 g/mol. The monoisotopic (exact) mass is 405 g/mol. The quantitative estimate of drug-likeness (QED) is 0.719. The highest BCUT2D eigenvalue weighted by Gasteiger charge is 2.36. The number of hydrogen-bond donors (Lipinski definition) is 1. The van der Waals surface area contributed by atoms with Crippen molar-refractivity contribution >= 4 is 22.9 Å². The third-order valence-corrected chi connectivity index (χ3v) is 6.82. The number of carbonyl (C=O) groups is 1. The molecule has 1 aromatic carbocycles. The number of thiophene rings is 1. The van der Waals surface area contributed by atoms with Crippen molar-refractivity contribution in [1.82, 2.24) is 9.47 Å². The SMILES string of the molecule is O=C(c1ccccc1)N1C[C@H]2C[C@H](C1)c1ccc(NCc3cccs3)c(=O)n1C2. The van der Waals surface area contributed by atoms with Gasteiger partial charge in [0.1, 0.15) is 5.69 Å². The summed E-state index contributed by atoms with van der Waals surface area (Å²) in [7, 11) is 0. The lowest BCUT2D eigenvalue weighted by Gasteiger charge is -2.43. The summed E-state index contributed by atoms with van der Waals surface area (Å²) in [6.07, 6.45) is 1.04. The van der Waals surface area contributed by atoms with Crippen LogP contribution in [0.3, 0.4) is 0 Å². The minimum absolute atomic E-state index is 0.0524. The summed E-state index contributed by atoms with van der Waals surface area (Å²) in [4.78, 5) is 29.1. The number of fused-ring (bicyclic) bond motifs is 4. The smallest absolute Gasteiger partial charge is 0.274 e. The molecule has 5 rings (SSSR count). The predicted molar refractivity (Wildman–Crippen MR) is 116 cm³/mol. The Kier molecular flexibility index (Phi) is 4.72. The van der Waals surface area contributed by atoms with Crippen molar-refractivity contribution in [2.45, 2.75) is 25.4 Å². The van der Waals surface area contributed by atoms with Crippen LogP contribution in [0.25, 0.3) is 0 Å². The summed E-state index contributed by atoms with van der Waals surface area (Å²) < 4.78 is 1.93. The normalized spacial score (nSPS) is 20.2. The molecule has 1 N–H and O–H groups in total. The summed E-state index contributed by atoms with van der Waals surface area (Å²) in [5, 5.41) is 5.33. The van der Waals surface area contributed by atoms with Gasteiger partial charge < -0.3 is 14.8 Å². The van der Waals surface area contributed by atoms with E-state index in [0.717, 1.165) is 17.7 Å². The van der Waals surface area contributed by atoms with Crippen molar-refractivity contribution in [2.75, 3.05) is 18.4 Å². The van der Waals surface area contributed by atoms with Crippen molar-refractivity contribution < 1.29 is 4.79 Å². The van der Waals surface area contributed by atoms with Gasteiger partial charge in [-0.05, 0) is 48.1 Å². The highest BCUT2D eigenvalue weighted by molar-refractivity contribution is 7.09. The van der Waals surface area contributed by atoms with Gasteiger partial charge in [-0.2, -0.15) is 0 Å². The number of rotatable bonds is 4. The number of carbonyl (C=O) groups excluding carboxylic acids is 1. The lowest BCUT2D eigenvalue weighted by Crippen LogP contribution is -2.49. The highest BCUT2D eigenvalue weighted by atomic mass is 32.1. The Labute approximate surface area is 173 Å². The third kappa shape index (κ3) is 3.49. The molecule has 0 saturated carbocycles. The van der Waals surface area contributed by atoms with E-state index in [2.05, 4.69) is 17.4 Å². The largest absolute Gasteiger partial charge is 0.376 e. The first-order chi connectivity index (χ1) is 14.2. The summed E-state index contributed by atoms with van der Waals surface area (Å²) >= 11 is 1.68. The fraction of sp³-hybridized carbons (Fsp3) is 0.304. The second-order valence-electron chi connectivity index (χ2n) is 7.90. The Morgan fingerprint density at radius 1 is 1.03 bits per heavy atom. The van der Waals surface area contributed by atoms with Crippen LogP contribution >= 0.6 is 11.3 Å². The molecule has 2 aliphatic heterocycles. The van der Waals surface area contributed by atoms with E-state index >= 15 is 0 Å². The van der Waals surface area contributed by atoms with Crippen LogP contribution in [-0.4, -0.2) is 28.5 Å². The zero-order valence-electron chi connectivity index (χ0n) is 16.1. The highest BCUT2D eigenvalue weighted by Crippen LogP contribution is 2.36. The maximum absolute atomic E-state index is 13.1. The van der Waals surface area contributed by atoms with Gasteiger partial charge in [0.15, 0.2) is 0 Å². The van der Waals surface area contributed by atoms with Crippen LogP contribution in [0.4, 0.5) is 5.69 Å². The first kappa shape index (κ1) is 18.2. The van der Waals surface area contributed by atoms with Crippen LogP contribution < -0.4 is 10.9 Å². The number of benzene rings is 1. The van der Waals surface area contributed by atoms with E-state index in [1.165, 1.54) is 4.88 Å². The lowest BCUT2D eigenvalue weighted by atomic mass is 9.83. The molecule has 148 valence electrons. The molecule has 1 saturated heterocycles. The summed E-state index contributed by atoms with van der Waals surface area (Å²) in [5.74, 6) is 0.624. The minimum Gasteiger partial charge on any atom is -0.376 e. The summed E-state index contributed by atoms with van der Waals surface area (Å²) in [6.45, 7) is 2.73. The molecule has 3 aromatic rings. The van der Waals surface area contributed by atoms with Crippen molar-refractivity contribution in [3.63, 3.8) is 0 Å². The number of amides is 1. The molecule has 0 radical (unpaired) electrons. The molecule has 0 aliphatic carbocycles. The number of hydrogen-bond acceptors (Lipinski definition) is 4. The fourth-order valence-electron chi connectivity index (χ4n) is 4.61.